The van der Waals surface area contributed by atoms with Gasteiger partial charge in [0.1, 0.15) is 11.6 Å². The van der Waals surface area contributed by atoms with E-state index in [2.05, 4.69) is 27.1 Å². The third-order valence-corrected chi connectivity index (χ3v) is 4.75. The monoisotopic (exact) mass is 450 g/mol. The molecule has 2 amide bonds. The molecule has 4 N–H and O–H groups in total. The molecule has 0 saturated heterocycles. The predicted octanol–water partition coefficient (Wildman–Crippen LogP) is 3.62. The van der Waals surface area contributed by atoms with E-state index >= 15 is 0 Å². The van der Waals surface area contributed by atoms with E-state index < -0.39 is 11.8 Å². The van der Waals surface area contributed by atoms with Gasteiger partial charge in [-0.1, -0.05) is 24.0 Å². The highest BCUT2D eigenvalue weighted by atomic mass is 16.5. The highest BCUT2D eigenvalue weighted by Gasteiger charge is 2.13. The molecule has 4 rings (SSSR count). The number of carbonyl (C=O) groups excluding carboxylic acids is 2. The summed E-state index contributed by atoms with van der Waals surface area (Å²) in [6.45, 7) is 0. The summed E-state index contributed by atoms with van der Waals surface area (Å²) in [6.07, 6.45) is 3.36. The lowest BCUT2D eigenvalue weighted by molar-refractivity contribution is 0.0706. The van der Waals surface area contributed by atoms with E-state index in [9.17, 15) is 14.7 Å². The number of carbonyl (C=O) groups is 2. The van der Waals surface area contributed by atoms with E-state index in [-0.39, 0.29) is 17.1 Å². The first-order chi connectivity index (χ1) is 16.5. The number of hydroxylamine groups is 1. The van der Waals surface area contributed by atoms with Gasteiger partial charge in [0.25, 0.3) is 11.8 Å². The van der Waals surface area contributed by atoms with Gasteiger partial charge in [-0.3, -0.25) is 19.8 Å². The summed E-state index contributed by atoms with van der Waals surface area (Å²) in [5.41, 5.74) is 4.66. The molecule has 0 fully saturated rings. The Morgan fingerprint density at radius 3 is 2.24 bits per heavy atom. The lowest BCUT2D eigenvalue weighted by atomic mass is 10.1. The van der Waals surface area contributed by atoms with Crippen LogP contribution >= 0.6 is 0 Å². The van der Waals surface area contributed by atoms with Crippen molar-refractivity contribution in [3.05, 3.63) is 107 Å². The maximum absolute atomic E-state index is 12.6. The van der Waals surface area contributed by atoms with Crippen molar-refractivity contribution < 1.29 is 19.9 Å². The molecule has 2 heterocycles. The molecule has 0 unspecified atom stereocenters. The van der Waals surface area contributed by atoms with Crippen molar-refractivity contribution in [1.82, 2.24) is 15.4 Å². The number of amides is 2. The fraction of sp³-hybridized carbons (Fsp3) is 0. The van der Waals surface area contributed by atoms with Gasteiger partial charge in [-0.25, -0.2) is 10.5 Å². The lowest BCUT2D eigenvalue weighted by Crippen LogP contribution is -2.20. The van der Waals surface area contributed by atoms with Crippen LogP contribution in [0.25, 0.3) is 11.3 Å². The first-order valence-electron chi connectivity index (χ1n) is 10.1. The van der Waals surface area contributed by atoms with Crippen LogP contribution in [-0.4, -0.2) is 32.1 Å². The van der Waals surface area contributed by atoms with Gasteiger partial charge in [0.2, 0.25) is 0 Å². The quantitative estimate of drug-likeness (QED) is 0.214. The smallest absolute Gasteiger partial charge is 0.274 e. The highest BCUT2D eigenvalue weighted by Crippen LogP contribution is 2.23. The zero-order valence-electron chi connectivity index (χ0n) is 17.7. The maximum Gasteiger partial charge on any atom is 0.274 e. The molecule has 34 heavy (non-hydrogen) atoms. The number of anilines is 1. The Hall–Kier alpha value is -5.00. The fourth-order valence-corrected chi connectivity index (χ4v) is 3.04. The normalized spacial score (nSPS) is 10.0. The Labute approximate surface area is 194 Å². The Morgan fingerprint density at radius 2 is 1.56 bits per heavy atom. The van der Waals surface area contributed by atoms with Crippen LogP contribution < -0.4 is 10.8 Å². The van der Waals surface area contributed by atoms with Gasteiger partial charge < -0.3 is 10.4 Å². The minimum absolute atomic E-state index is 0.0344. The summed E-state index contributed by atoms with van der Waals surface area (Å²) in [7, 11) is 0. The molecule has 8 heteroatoms. The number of aromatic hydroxyl groups is 1. The Kier molecular flexibility index (Phi) is 6.58. The Balaban J connectivity index is 1.62. The summed E-state index contributed by atoms with van der Waals surface area (Å²) in [4.78, 5) is 33.1. The summed E-state index contributed by atoms with van der Waals surface area (Å²) < 4.78 is 0. The summed E-state index contributed by atoms with van der Waals surface area (Å²) in [5, 5.41) is 21.1. The average Bonchev–Trinajstić information content (AvgIpc) is 2.88. The number of pyridine rings is 2. The van der Waals surface area contributed by atoms with Crippen LogP contribution in [0.2, 0.25) is 0 Å². The van der Waals surface area contributed by atoms with Crippen LogP contribution in [-0.2, 0) is 0 Å². The van der Waals surface area contributed by atoms with Gasteiger partial charge in [-0.15, -0.1) is 0 Å². The minimum atomic E-state index is -0.747. The van der Waals surface area contributed by atoms with Crippen LogP contribution in [0.5, 0.6) is 5.75 Å². The first kappa shape index (κ1) is 22.2. The Morgan fingerprint density at radius 1 is 0.824 bits per heavy atom. The van der Waals surface area contributed by atoms with Crippen molar-refractivity contribution in [2.45, 2.75) is 0 Å². The van der Waals surface area contributed by atoms with E-state index in [1.807, 2.05) is 24.3 Å². The molecule has 0 saturated carbocycles. The molecule has 0 aliphatic carbocycles. The van der Waals surface area contributed by atoms with Gasteiger partial charge in [0, 0.05) is 40.2 Å². The second-order valence-corrected chi connectivity index (χ2v) is 7.14. The summed E-state index contributed by atoms with van der Waals surface area (Å²) in [6, 6.07) is 19.4. The second-order valence-electron chi connectivity index (χ2n) is 7.14. The molecule has 0 aliphatic rings. The molecular weight excluding hydrogens is 432 g/mol. The van der Waals surface area contributed by atoms with Crippen molar-refractivity contribution >= 4 is 17.6 Å². The fourth-order valence-electron chi connectivity index (χ4n) is 3.04. The van der Waals surface area contributed by atoms with E-state index in [0.717, 1.165) is 11.1 Å². The number of hydrogen-bond donors (Lipinski definition) is 4. The minimum Gasteiger partial charge on any atom is -0.508 e. The molecule has 0 atom stereocenters. The van der Waals surface area contributed by atoms with Crippen molar-refractivity contribution in [3.63, 3.8) is 0 Å². The lowest BCUT2D eigenvalue weighted by Gasteiger charge is -2.10. The second kappa shape index (κ2) is 10.1. The molecule has 0 spiro atoms. The van der Waals surface area contributed by atoms with Gasteiger partial charge in [-0.05, 0) is 60.7 Å². The number of benzene rings is 2. The van der Waals surface area contributed by atoms with Gasteiger partial charge in [-0.2, -0.15) is 0 Å². The number of phenols is 1. The van der Waals surface area contributed by atoms with Crippen molar-refractivity contribution in [2.24, 2.45) is 0 Å². The van der Waals surface area contributed by atoms with Crippen LogP contribution in [0.1, 0.15) is 31.8 Å². The number of nitrogens with one attached hydrogen (secondary N) is 2. The van der Waals surface area contributed by atoms with E-state index in [1.165, 1.54) is 36.4 Å². The van der Waals surface area contributed by atoms with E-state index in [0.29, 0.717) is 16.8 Å². The maximum atomic E-state index is 12.6. The Bertz CT molecular complexity index is 1390. The third-order valence-electron chi connectivity index (χ3n) is 4.75. The molecule has 0 aliphatic heterocycles. The van der Waals surface area contributed by atoms with Crippen molar-refractivity contribution in [2.75, 3.05) is 5.32 Å². The molecule has 166 valence electrons. The van der Waals surface area contributed by atoms with Gasteiger partial charge >= 0.3 is 0 Å². The molecule has 0 radical (unpaired) electrons. The molecule has 4 aromatic rings. The topological polar surface area (TPSA) is 124 Å². The molecule has 2 aromatic heterocycles. The number of nitrogens with zero attached hydrogens (tertiary/aromatic N) is 2. The van der Waals surface area contributed by atoms with Crippen LogP contribution in [0.3, 0.4) is 0 Å². The van der Waals surface area contributed by atoms with Crippen LogP contribution in [0.4, 0.5) is 5.82 Å². The first-order valence-corrected chi connectivity index (χ1v) is 10.1. The van der Waals surface area contributed by atoms with Crippen LogP contribution in [0.15, 0.2) is 85.2 Å². The van der Waals surface area contributed by atoms with Crippen LogP contribution in [0, 0.1) is 11.8 Å². The zero-order chi connectivity index (χ0) is 23.9. The van der Waals surface area contributed by atoms with Gasteiger partial charge in [0.05, 0.1) is 5.69 Å². The highest BCUT2D eigenvalue weighted by molar-refractivity contribution is 6.04. The molecule has 8 nitrogen and oxygen atoms in total. The molecule has 2 aromatic carbocycles. The van der Waals surface area contributed by atoms with Gasteiger partial charge in [0.15, 0.2) is 0 Å². The third kappa shape index (κ3) is 5.43. The SMILES string of the molecule is O=C(NO)c1cc(NC(=O)c2ccc(O)cc2)nc(-c2ccc(C#Cc3cccnc3)cc2)c1. The van der Waals surface area contributed by atoms with Crippen molar-refractivity contribution in [1.29, 1.82) is 0 Å². The van der Waals surface area contributed by atoms with E-state index in [4.69, 9.17) is 5.21 Å². The number of rotatable bonds is 4. The largest absolute Gasteiger partial charge is 0.508 e. The number of phenolic OH excluding ortho intramolecular Hbond substituents is 1. The summed E-state index contributed by atoms with van der Waals surface area (Å²) in [5.74, 6) is 5.02. The zero-order valence-corrected chi connectivity index (χ0v) is 17.7. The number of hydrogen-bond acceptors (Lipinski definition) is 6. The van der Waals surface area contributed by atoms with Crippen molar-refractivity contribution in [3.8, 4) is 28.8 Å². The average molecular weight is 450 g/mol. The molecular formula is C26H18N4O4. The van der Waals surface area contributed by atoms with E-state index in [1.54, 1.807) is 30.0 Å². The molecule has 0 bridgehead atoms. The standard InChI is InChI=1S/C26H18N4O4/c31-22-11-9-20(10-12-22)25(32)29-24-15-21(26(33)30-34)14-23(28-24)19-7-5-17(6-8-19)3-4-18-2-1-13-27-16-18/h1-2,5-16,31,34H,(H,30,33)(H,28,29,32). The summed E-state index contributed by atoms with van der Waals surface area (Å²) >= 11 is 0. The number of aromatic nitrogens is 2. The predicted molar refractivity (Wildman–Crippen MR) is 125 cm³/mol.